The van der Waals surface area contributed by atoms with Gasteiger partial charge in [-0.3, -0.25) is 14.4 Å². The third kappa shape index (κ3) is 5.03. The number of likely N-dealkylation sites (tertiary alicyclic amines) is 1. The first-order valence-electron chi connectivity index (χ1n) is 9.17. The van der Waals surface area contributed by atoms with Crippen molar-refractivity contribution in [3.05, 3.63) is 65.7 Å². The molecule has 5 nitrogen and oxygen atoms in total. The molecule has 3 rings (SSSR count). The maximum Gasteiger partial charge on any atom is 0.316 e. The molecule has 2 aromatic carbocycles. The van der Waals surface area contributed by atoms with E-state index < -0.39 is 0 Å². The van der Waals surface area contributed by atoms with Crippen LogP contribution in [0.2, 0.25) is 0 Å². The van der Waals surface area contributed by atoms with E-state index in [0.29, 0.717) is 37.2 Å². The van der Waals surface area contributed by atoms with Gasteiger partial charge in [0.15, 0.2) is 5.78 Å². The summed E-state index contributed by atoms with van der Waals surface area (Å²) in [6.45, 7) is 2.50. The Morgan fingerprint density at radius 1 is 1.07 bits per heavy atom. The van der Waals surface area contributed by atoms with Crippen LogP contribution in [0.3, 0.4) is 0 Å². The molecule has 0 aromatic heterocycles. The van der Waals surface area contributed by atoms with E-state index in [1.807, 2.05) is 30.3 Å². The highest BCUT2D eigenvalue weighted by molar-refractivity contribution is 5.94. The van der Waals surface area contributed by atoms with E-state index in [9.17, 15) is 14.4 Å². The maximum absolute atomic E-state index is 12.5. The van der Waals surface area contributed by atoms with Crippen molar-refractivity contribution in [1.29, 1.82) is 0 Å². The summed E-state index contributed by atoms with van der Waals surface area (Å²) in [5.74, 6) is -0.395. The Hall–Kier alpha value is -2.95. The zero-order valence-corrected chi connectivity index (χ0v) is 15.4. The average molecular weight is 365 g/mol. The van der Waals surface area contributed by atoms with Crippen molar-refractivity contribution in [2.45, 2.75) is 26.2 Å². The Labute approximate surface area is 158 Å². The molecular formula is C22H23NO4. The SMILES string of the molecule is CC(=O)c1cccc(OC(=O)C2CCCN(C(=O)Cc3ccccc3)C2)c1. The van der Waals surface area contributed by atoms with E-state index in [2.05, 4.69) is 0 Å². The van der Waals surface area contributed by atoms with Crippen LogP contribution in [-0.4, -0.2) is 35.6 Å². The van der Waals surface area contributed by atoms with Gasteiger partial charge in [-0.15, -0.1) is 0 Å². The Morgan fingerprint density at radius 2 is 1.85 bits per heavy atom. The Morgan fingerprint density at radius 3 is 2.59 bits per heavy atom. The fourth-order valence-corrected chi connectivity index (χ4v) is 3.26. The molecule has 0 spiro atoms. The van der Waals surface area contributed by atoms with Gasteiger partial charge < -0.3 is 9.64 Å². The van der Waals surface area contributed by atoms with E-state index >= 15 is 0 Å². The van der Waals surface area contributed by atoms with Gasteiger partial charge in [-0.05, 0) is 37.5 Å². The summed E-state index contributed by atoms with van der Waals surface area (Å²) >= 11 is 0. The summed E-state index contributed by atoms with van der Waals surface area (Å²) in [5, 5.41) is 0. The van der Waals surface area contributed by atoms with Crippen molar-refractivity contribution in [2.75, 3.05) is 13.1 Å². The first-order chi connectivity index (χ1) is 13.0. The van der Waals surface area contributed by atoms with Crippen molar-refractivity contribution in [1.82, 2.24) is 4.90 Å². The Kier molecular flexibility index (Phi) is 6.01. The molecule has 0 saturated carbocycles. The fourth-order valence-electron chi connectivity index (χ4n) is 3.26. The van der Waals surface area contributed by atoms with Gasteiger partial charge in [-0.25, -0.2) is 0 Å². The minimum atomic E-state index is -0.354. The first-order valence-corrected chi connectivity index (χ1v) is 9.17. The second-order valence-electron chi connectivity index (χ2n) is 6.85. The van der Waals surface area contributed by atoms with Crippen molar-refractivity contribution in [3.63, 3.8) is 0 Å². The van der Waals surface area contributed by atoms with Crippen LogP contribution in [0.1, 0.15) is 35.7 Å². The number of hydrogen-bond donors (Lipinski definition) is 0. The Balaban J connectivity index is 1.60. The number of carbonyl (C=O) groups is 3. The maximum atomic E-state index is 12.5. The summed E-state index contributed by atoms with van der Waals surface area (Å²) in [6, 6.07) is 16.2. The summed E-state index contributed by atoms with van der Waals surface area (Å²) in [7, 11) is 0. The number of piperidine rings is 1. The standard InChI is InChI=1S/C22H23NO4/c1-16(24)18-9-5-11-20(14-18)27-22(26)19-10-6-12-23(15-19)21(25)13-17-7-3-2-4-8-17/h2-5,7-9,11,14,19H,6,10,12-13,15H2,1H3. The van der Waals surface area contributed by atoms with Crippen LogP contribution in [0.4, 0.5) is 0 Å². The van der Waals surface area contributed by atoms with Gasteiger partial charge in [0.05, 0.1) is 12.3 Å². The van der Waals surface area contributed by atoms with Crippen LogP contribution in [0.5, 0.6) is 5.75 Å². The molecule has 0 radical (unpaired) electrons. The number of benzene rings is 2. The van der Waals surface area contributed by atoms with Gasteiger partial charge in [0.1, 0.15) is 5.75 Å². The lowest BCUT2D eigenvalue weighted by Gasteiger charge is -2.31. The number of carbonyl (C=O) groups excluding carboxylic acids is 3. The van der Waals surface area contributed by atoms with Gasteiger partial charge in [-0.2, -0.15) is 0 Å². The molecule has 1 aliphatic rings. The molecule has 27 heavy (non-hydrogen) atoms. The summed E-state index contributed by atoms with van der Waals surface area (Å²) in [4.78, 5) is 38.3. The van der Waals surface area contributed by atoms with Gasteiger partial charge in [0, 0.05) is 18.7 Å². The predicted molar refractivity (Wildman–Crippen MR) is 102 cm³/mol. The van der Waals surface area contributed by atoms with Gasteiger partial charge in [-0.1, -0.05) is 42.5 Å². The van der Waals surface area contributed by atoms with E-state index in [4.69, 9.17) is 4.74 Å². The number of ketones is 1. The smallest absolute Gasteiger partial charge is 0.316 e. The van der Waals surface area contributed by atoms with Gasteiger partial charge in [0.2, 0.25) is 5.91 Å². The molecule has 1 unspecified atom stereocenters. The molecule has 1 aliphatic heterocycles. The molecule has 0 N–H and O–H groups in total. The highest BCUT2D eigenvalue weighted by Gasteiger charge is 2.29. The molecule has 2 aromatic rings. The van der Waals surface area contributed by atoms with Crippen LogP contribution >= 0.6 is 0 Å². The minimum absolute atomic E-state index is 0.0253. The molecule has 1 saturated heterocycles. The number of Topliss-reactive ketones (excluding diaryl/α,β-unsaturated/α-hetero) is 1. The summed E-state index contributed by atoms with van der Waals surface area (Å²) < 4.78 is 5.46. The third-order valence-corrected chi connectivity index (χ3v) is 4.76. The molecule has 1 atom stereocenters. The molecular weight excluding hydrogens is 342 g/mol. The fraction of sp³-hybridized carbons (Fsp3) is 0.318. The molecule has 5 heteroatoms. The number of rotatable bonds is 5. The first kappa shape index (κ1) is 18.8. The quantitative estimate of drug-likeness (QED) is 0.463. The molecule has 0 aliphatic carbocycles. The van der Waals surface area contributed by atoms with E-state index in [1.165, 1.54) is 6.92 Å². The van der Waals surface area contributed by atoms with Crippen molar-refractivity contribution < 1.29 is 19.1 Å². The van der Waals surface area contributed by atoms with Crippen molar-refractivity contribution >= 4 is 17.7 Å². The second kappa shape index (κ2) is 8.62. The molecule has 0 bridgehead atoms. The van der Waals surface area contributed by atoms with Crippen LogP contribution in [0.25, 0.3) is 0 Å². The topological polar surface area (TPSA) is 63.7 Å². The highest BCUT2D eigenvalue weighted by Crippen LogP contribution is 2.21. The molecule has 1 amide bonds. The minimum Gasteiger partial charge on any atom is -0.426 e. The van der Waals surface area contributed by atoms with Gasteiger partial charge in [0.25, 0.3) is 0 Å². The number of nitrogens with zero attached hydrogens (tertiary/aromatic N) is 1. The summed E-state index contributed by atoms with van der Waals surface area (Å²) in [6.07, 6.45) is 1.80. The Bertz CT molecular complexity index is 831. The zero-order valence-electron chi connectivity index (χ0n) is 15.4. The lowest BCUT2D eigenvalue weighted by molar-refractivity contribution is -0.143. The van der Waals surface area contributed by atoms with E-state index in [-0.39, 0.29) is 23.6 Å². The summed E-state index contributed by atoms with van der Waals surface area (Å²) in [5.41, 5.74) is 1.47. The monoisotopic (exact) mass is 365 g/mol. The highest BCUT2D eigenvalue weighted by atomic mass is 16.5. The molecule has 1 heterocycles. The van der Waals surface area contributed by atoms with E-state index in [1.54, 1.807) is 29.2 Å². The van der Waals surface area contributed by atoms with Crippen molar-refractivity contribution in [3.8, 4) is 5.75 Å². The number of esters is 1. The zero-order chi connectivity index (χ0) is 19.2. The van der Waals surface area contributed by atoms with Crippen LogP contribution in [-0.2, 0) is 16.0 Å². The van der Waals surface area contributed by atoms with Gasteiger partial charge >= 0.3 is 5.97 Å². The molecule has 1 fully saturated rings. The number of amides is 1. The number of ether oxygens (including phenoxy) is 1. The predicted octanol–water partition coefficient (Wildman–Crippen LogP) is 3.28. The largest absolute Gasteiger partial charge is 0.426 e. The van der Waals surface area contributed by atoms with E-state index in [0.717, 1.165) is 12.0 Å². The lowest BCUT2D eigenvalue weighted by Crippen LogP contribution is -2.44. The van der Waals surface area contributed by atoms with Crippen LogP contribution in [0, 0.1) is 5.92 Å². The number of hydrogen-bond acceptors (Lipinski definition) is 4. The lowest BCUT2D eigenvalue weighted by atomic mass is 9.97. The molecule has 140 valence electrons. The average Bonchev–Trinajstić information content (AvgIpc) is 2.69. The second-order valence-corrected chi connectivity index (χ2v) is 6.85. The van der Waals surface area contributed by atoms with Crippen LogP contribution in [0.15, 0.2) is 54.6 Å². The van der Waals surface area contributed by atoms with Crippen LogP contribution < -0.4 is 4.74 Å². The normalized spacial score (nSPS) is 16.6. The third-order valence-electron chi connectivity index (χ3n) is 4.76. The van der Waals surface area contributed by atoms with Crippen molar-refractivity contribution in [2.24, 2.45) is 5.92 Å².